The monoisotopic (exact) mass is 427 g/mol. The Morgan fingerprint density at radius 3 is 2.50 bits per heavy atom. The average molecular weight is 427 g/mol. The van der Waals surface area contributed by atoms with Gasteiger partial charge in [-0.25, -0.2) is 19.0 Å². The predicted octanol–water partition coefficient (Wildman–Crippen LogP) is 4.43. The molecule has 1 N–H and O–H groups in total. The van der Waals surface area contributed by atoms with Crippen LogP contribution in [0.15, 0.2) is 53.6 Å². The number of nitrogens with one attached hydrogen (secondary N) is 1. The molecule has 3 rings (SSSR count). The third-order valence-corrected chi connectivity index (χ3v) is 4.84. The summed E-state index contributed by atoms with van der Waals surface area (Å²) in [6, 6.07) is 11.8. The smallest absolute Gasteiger partial charge is 0.350 e. The number of thiazole rings is 1. The van der Waals surface area contributed by atoms with Gasteiger partial charge < -0.3 is 9.47 Å². The van der Waals surface area contributed by atoms with Crippen molar-refractivity contribution in [3.05, 3.63) is 76.0 Å². The normalized spacial score (nSPS) is 10.8. The van der Waals surface area contributed by atoms with Crippen molar-refractivity contribution in [2.24, 2.45) is 5.10 Å². The molecule has 30 heavy (non-hydrogen) atoms. The van der Waals surface area contributed by atoms with E-state index < -0.39 is 17.8 Å². The lowest BCUT2D eigenvalue weighted by atomic mass is 10.2. The molecule has 2 aromatic carbocycles. The van der Waals surface area contributed by atoms with Crippen molar-refractivity contribution in [2.45, 2.75) is 13.8 Å². The third kappa shape index (κ3) is 5.48. The van der Waals surface area contributed by atoms with E-state index in [0.717, 1.165) is 16.9 Å². The van der Waals surface area contributed by atoms with Gasteiger partial charge in [-0.2, -0.15) is 5.10 Å². The number of carbonyl (C=O) groups is 2. The fraction of sp³-hybridized carbons (Fsp3) is 0.143. The number of ether oxygens (including phenoxy) is 2. The van der Waals surface area contributed by atoms with E-state index in [1.54, 1.807) is 44.3 Å². The van der Waals surface area contributed by atoms with Gasteiger partial charge in [-0.3, -0.25) is 5.43 Å². The number of benzene rings is 2. The van der Waals surface area contributed by atoms with Gasteiger partial charge in [0.1, 0.15) is 16.4 Å². The van der Waals surface area contributed by atoms with Crippen molar-refractivity contribution in [3.8, 4) is 5.75 Å². The van der Waals surface area contributed by atoms with Gasteiger partial charge in [0.2, 0.25) is 5.13 Å². The molecule has 0 aliphatic carbocycles. The fourth-order valence-electron chi connectivity index (χ4n) is 2.37. The van der Waals surface area contributed by atoms with E-state index in [0.29, 0.717) is 28.1 Å². The summed E-state index contributed by atoms with van der Waals surface area (Å²) in [4.78, 5) is 28.5. The molecule has 1 aromatic heterocycles. The quantitative estimate of drug-likeness (QED) is 0.260. The van der Waals surface area contributed by atoms with Crippen LogP contribution in [0.3, 0.4) is 0 Å². The summed E-state index contributed by atoms with van der Waals surface area (Å²) in [6.07, 6.45) is 1.56. The molecule has 0 radical (unpaired) electrons. The Labute approximate surface area is 176 Å². The van der Waals surface area contributed by atoms with Crippen LogP contribution in [0.2, 0.25) is 0 Å². The molecule has 0 fully saturated rings. The molecule has 0 atom stereocenters. The molecule has 0 bridgehead atoms. The first-order chi connectivity index (χ1) is 14.5. The van der Waals surface area contributed by atoms with E-state index in [4.69, 9.17) is 9.47 Å². The zero-order valence-corrected chi connectivity index (χ0v) is 17.0. The highest BCUT2D eigenvalue weighted by atomic mass is 32.1. The minimum atomic E-state index is -0.574. The number of halogens is 1. The SMILES string of the molecule is CCOC(=O)c1sc(N/N=C/c2ccc(OC(=O)c3ccc(F)cc3)cc2)nc1C. The molecule has 0 saturated carbocycles. The van der Waals surface area contributed by atoms with Gasteiger partial charge in [0.05, 0.1) is 24.1 Å². The van der Waals surface area contributed by atoms with Gasteiger partial charge in [-0.1, -0.05) is 11.3 Å². The highest BCUT2D eigenvalue weighted by molar-refractivity contribution is 7.17. The summed E-state index contributed by atoms with van der Waals surface area (Å²) >= 11 is 1.16. The maximum absolute atomic E-state index is 12.9. The van der Waals surface area contributed by atoms with Crippen LogP contribution in [-0.4, -0.2) is 29.7 Å². The van der Waals surface area contributed by atoms with Crippen molar-refractivity contribution < 1.29 is 23.5 Å². The van der Waals surface area contributed by atoms with Gasteiger partial charge in [0, 0.05) is 0 Å². The maximum atomic E-state index is 12.9. The molecule has 0 amide bonds. The number of hydrogen-bond acceptors (Lipinski definition) is 8. The van der Waals surface area contributed by atoms with E-state index in [-0.39, 0.29) is 5.56 Å². The van der Waals surface area contributed by atoms with Crippen LogP contribution in [0.1, 0.15) is 38.2 Å². The fourth-order valence-corrected chi connectivity index (χ4v) is 3.18. The lowest BCUT2D eigenvalue weighted by Crippen LogP contribution is -2.08. The highest BCUT2D eigenvalue weighted by Crippen LogP contribution is 2.23. The highest BCUT2D eigenvalue weighted by Gasteiger charge is 2.16. The molecular weight excluding hydrogens is 409 g/mol. The molecule has 1 heterocycles. The number of carbonyl (C=O) groups excluding carboxylic acids is 2. The third-order valence-electron chi connectivity index (χ3n) is 3.80. The number of aryl methyl sites for hydroxylation is 1. The van der Waals surface area contributed by atoms with Crippen molar-refractivity contribution in [2.75, 3.05) is 12.0 Å². The first kappa shape index (κ1) is 21.1. The number of rotatable bonds is 7. The van der Waals surface area contributed by atoms with E-state index in [1.807, 2.05) is 0 Å². The molecule has 0 unspecified atom stereocenters. The van der Waals surface area contributed by atoms with Crippen molar-refractivity contribution in [1.82, 2.24) is 4.98 Å². The Kier molecular flexibility index (Phi) is 6.87. The van der Waals surface area contributed by atoms with Crippen LogP contribution in [0.4, 0.5) is 9.52 Å². The molecule has 0 aliphatic rings. The molecule has 0 aliphatic heterocycles. The summed E-state index contributed by atoms with van der Waals surface area (Å²) in [5.41, 5.74) is 4.36. The van der Waals surface area contributed by atoms with E-state index >= 15 is 0 Å². The van der Waals surface area contributed by atoms with E-state index in [1.165, 1.54) is 24.3 Å². The first-order valence-corrected chi connectivity index (χ1v) is 9.79. The average Bonchev–Trinajstić information content (AvgIpc) is 3.10. The number of hydrogen-bond donors (Lipinski definition) is 1. The van der Waals surface area contributed by atoms with Gasteiger partial charge >= 0.3 is 11.9 Å². The Morgan fingerprint density at radius 2 is 1.83 bits per heavy atom. The minimum Gasteiger partial charge on any atom is -0.462 e. The van der Waals surface area contributed by atoms with Crippen LogP contribution < -0.4 is 10.2 Å². The lowest BCUT2D eigenvalue weighted by Gasteiger charge is -2.04. The molecule has 3 aromatic rings. The summed E-state index contributed by atoms with van der Waals surface area (Å²) < 4.78 is 23.2. The minimum absolute atomic E-state index is 0.257. The Hall–Kier alpha value is -3.59. The molecule has 9 heteroatoms. The zero-order chi connectivity index (χ0) is 21.5. The number of anilines is 1. The Balaban J connectivity index is 1.57. The molecule has 7 nitrogen and oxygen atoms in total. The van der Waals surface area contributed by atoms with Crippen LogP contribution in [0, 0.1) is 12.7 Å². The van der Waals surface area contributed by atoms with Crippen LogP contribution in [0.25, 0.3) is 0 Å². The van der Waals surface area contributed by atoms with Gasteiger partial charge in [-0.15, -0.1) is 0 Å². The van der Waals surface area contributed by atoms with Crippen LogP contribution >= 0.6 is 11.3 Å². The standard InChI is InChI=1S/C21H18FN3O4S/c1-3-28-20(27)18-13(2)24-21(30-18)25-23-12-14-4-10-17(11-5-14)29-19(26)15-6-8-16(22)9-7-15/h4-12H,3H2,1-2H3,(H,24,25)/b23-12+. The lowest BCUT2D eigenvalue weighted by molar-refractivity contribution is 0.0530. The maximum Gasteiger partial charge on any atom is 0.350 e. The molecule has 0 saturated heterocycles. The topological polar surface area (TPSA) is 89.9 Å². The van der Waals surface area contributed by atoms with E-state index in [2.05, 4.69) is 15.5 Å². The number of aromatic nitrogens is 1. The zero-order valence-electron chi connectivity index (χ0n) is 16.2. The summed E-state index contributed by atoms with van der Waals surface area (Å²) in [6.45, 7) is 3.77. The van der Waals surface area contributed by atoms with Crippen molar-refractivity contribution in [3.63, 3.8) is 0 Å². The summed E-state index contributed by atoms with van der Waals surface area (Å²) in [5.74, 6) is -1.05. The van der Waals surface area contributed by atoms with Gasteiger partial charge in [0.25, 0.3) is 0 Å². The van der Waals surface area contributed by atoms with E-state index in [9.17, 15) is 14.0 Å². The Morgan fingerprint density at radius 1 is 1.13 bits per heavy atom. The number of nitrogens with zero attached hydrogens (tertiary/aromatic N) is 2. The van der Waals surface area contributed by atoms with Gasteiger partial charge in [0.15, 0.2) is 0 Å². The van der Waals surface area contributed by atoms with Crippen molar-refractivity contribution >= 4 is 34.6 Å². The van der Waals surface area contributed by atoms with Crippen LogP contribution in [0.5, 0.6) is 5.75 Å². The second-order valence-electron chi connectivity index (χ2n) is 5.99. The summed E-state index contributed by atoms with van der Waals surface area (Å²) in [7, 11) is 0. The summed E-state index contributed by atoms with van der Waals surface area (Å²) in [5, 5.41) is 4.56. The Bertz CT molecular complexity index is 1060. The number of hydrazone groups is 1. The van der Waals surface area contributed by atoms with Crippen molar-refractivity contribution in [1.29, 1.82) is 0 Å². The molecular formula is C21H18FN3O4S. The molecule has 154 valence electrons. The largest absolute Gasteiger partial charge is 0.462 e. The second-order valence-corrected chi connectivity index (χ2v) is 6.99. The van der Waals surface area contributed by atoms with Gasteiger partial charge in [-0.05, 0) is 67.9 Å². The second kappa shape index (κ2) is 9.75. The van der Waals surface area contributed by atoms with Crippen LogP contribution in [-0.2, 0) is 4.74 Å². The molecule has 0 spiro atoms. The first-order valence-electron chi connectivity index (χ1n) is 8.97. The predicted molar refractivity (Wildman–Crippen MR) is 112 cm³/mol. The number of esters is 2.